The fourth-order valence-electron chi connectivity index (χ4n) is 2.03. The summed E-state index contributed by atoms with van der Waals surface area (Å²) in [6.45, 7) is 4.32. The van der Waals surface area contributed by atoms with Gasteiger partial charge in [0.1, 0.15) is 11.6 Å². The minimum Gasteiger partial charge on any atom is -0.381 e. The van der Waals surface area contributed by atoms with Crippen molar-refractivity contribution in [3.63, 3.8) is 0 Å². The maximum atomic E-state index is 13.0. The van der Waals surface area contributed by atoms with Crippen molar-refractivity contribution >= 4 is 0 Å². The van der Waals surface area contributed by atoms with E-state index in [1.165, 1.54) is 12.1 Å². The van der Waals surface area contributed by atoms with Gasteiger partial charge in [-0.05, 0) is 37.0 Å². The van der Waals surface area contributed by atoms with Crippen LogP contribution in [0.3, 0.4) is 0 Å². The molecule has 2 rings (SSSR count). The summed E-state index contributed by atoms with van der Waals surface area (Å²) in [6, 6.07) is 3.57. The molecule has 1 aliphatic rings. The van der Waals surface area contributed by atoms with E-state index in [4.69, 9.17) is 4.74 Å². The quantitative estimate of drug-likeness (QED) is 0.875. The van der Waals surface area contributed by atoms with E-state index in [9.17, 15) is 8.78 Å². The fourth-order valence-corrected chi connectivity index (χ4v) is 2.03. The van der Waals surface area contributed by atoms with E-state index in [0.717, 1.165) is 32.2 Å². The SMILES string of the molecule is CC(NCC1CCOC1)c1cc(F)cc(F)c1. The molecule has 94 valence electrons. The Morgan fingerprint density at radius 2 is 2.06 bits per heavy atom. The third-order valence-corrected chi connectivity index (χ3v) is 3.12. The zero-order chi connectivity index (χ0) is 12.3. The van der Waals surface area contributed by atoms with Crippen molar-refractivity contribution in [2.75, 3.05) is 19.8 Å². The Morgan fingerprint density at radius 1 is 1.35 bits per heavy atom. The largest absolute Gasteiger partial charge is 0.381 e. The summed E-state index contributed by atoms with van der Waals surface area (Å²) in [5.41, 5.74) is 0.640. The Labute approximate surface area is 100.0 Å². The number of rotatable bonds is 4. The van der Waals surface area contributed by atoms with Crippen LogP contribution in [0.5, 0.6) is 0 Å². The van der Waals surface area contributed by atoms with Crippen LogP contribution >= 0.6 is 0 Å². The molecule has 1 aliphatic heterocycles. The molecule has 0 aliphatic carbocycles. The number of hydrogen-bond acceptors (Lipinski definition) is 2. The molecular weight excluding hydrogens is 224 g/mol. The van der Waals surface area contributed by atoms with Crippen molar-refractivity contribution in [1.82, 2.24) is 5.32 Å². The molecule has 0 radical (unpaired) electrons. The van der Waals surface area contributed by atoms with Gasteiger partial charge in [-0.3, -0.25) is 0 Å². The topological polar surface area (TPSA) is 21.3 Å². The summed E-state index contributed by atoms with van der Waals surface area (Å²) >= 11 is 0. The predicted octanol–water partition coefficient (Wildman–Crippen LogP) is 2.65. The Hall–Kier alpha value is -1.00. The first-order chi connectivity index (χ1) is 8.15. The molecule has 1 aromatic carbocycles. The van der Waals surface area contributed by atoms with E-state index < -0.39 is 11.6 Å². The van der Waals surface area contributed by atoms with Crippen LogP contribution in [-0.2, 0) is 4.74 Å². The first-order valence-electron chi connectivity index (χ1n) is 5.92. The second-order valence-corrected chi connectivity index (χ2v) is 4.56. The molecule has 2 atom stereocenters. The molecule has 2 nitrogen and oxygen atoms in total. The maximum absolute atomic E-state index is 13.0. The lowest BCUT2D eigenvalue weighted by molar-refractivity contribution is 0.184. The smallest absolute Gasteiger partial charge is 0.126 e. The monoisotopic (exact) mass is 241 g/mol. The van der Waals surface area contributed by atoms with E-state index in [1.54, 1.807) is 0 Å². The lowest BCUT2D eigenvalue weighted by atomic mass is 10.1. The van der Waals surface area contributed by atoms with Crippen LogP contribution in [0.15, 0.2) is 18.2 Å². The highest BCUT2D eigenvalue weighted by atomic mass is 19.1. The molecule has 2 unspecified atom stereocenters. The molecule has 4 heteroatoms. The van der Waals surface area contributed by atoms with E-state index in [-0.39, 0.29) is 6.04 Å². The standard InChI is InChI=1S/C13H17F2NO/c1-9(16-7-10-2-3-17-8-10)11-4-12(14)6-13(15)5-11/h4-6,9-10,16H,2-3,7-8H2,1H3. The van der Waals surface area contributed by atoms with Crippen molar-refractivity contribution in [2.24, 2.45) is 5.92 Å². The van der Waals surface area contributed by atoms with Crippen LogP contribution in [0, 0.1) is 17.6 Å². The summed E-state index contributed by atoms with van der Waals surface area (Å²) in [7, 11) is 0. The summed E-state index contributed by atoms with van der Waals surface area (Å²) in [6.07, 6.45) is 1.05. The second kappa shape index (κ2) is 5.56. The molecule has 0 aromatic heterocycles. The van der Waals surface area contributed by atoms with Gasteiger partial charge in [0.25, 0.3) is 0 Å². The Bertz CT molecular complexity index is 357. The van der Waals surface area contributed by atoms with Gasteiger partial charge in [-0.25, -0.2) is 8.78 Å². The van der Waals surface area contributed by atoms with Crippen LogP contribution in [0.1, 0.15) is 24.9 Å². The molecular formula is C13H17F2NO. The molecule has 1 N–H and O–H groups in total. The van der Waals surface area contributed by atoms with Gasteiger partial charge >= 0.3 is 0 Å². The third-order valence-electron chi connectivity index (χ3n) is 3.12. The molecule has 1 heterocycles. The lowest BCUT2D eigenvalue weighted by Gasteiger charge is -2.17. The van der Waals surface area contributed by atoms with Gasteiger partial charge in [-0.1, -0.05) is 0 Å². The number of nitrogens with one attached hydrogen (secondary N) is 1. The van der Waals surface area contributed by atoms with Crippen molar-refractivity contribution in [1.29, 1.82) is 0 Å². The average Bonchev–Trinajstić information content (AvgIpc) is 2.77. The van der Waals surface area contributed by atoms with Gasteiger partial charge < -0.3 is 10.1 Å². The van der Waals surface area contributed by atoms with Gasteiger partial charge in [0, 0.05) is 25.3 Å². The van der Waals surface area contributed by atoms with Crippen LogP contribution < -0.4 is 5.32 Å². The normalized spacial score (nSPS) is 21.7. The summed E-state index contributed by atoms with van der Waals surface area (Å²) in [5, 5.41) is 3.28. The Morgan fingerprint density at radius 3 is 2.65 bits per heavy atom. The molecule has 0 spiro atoms. The Kier molecular flexibility index (Phi) is 4.07. The molecule has 0 bridgehead atoms. The molecule has 0 amide bonds. The first kappa shape index (κ1) is 12.5. The first-order valence-corrected chi connectivity index (χ1v) is 5.92. The molecule has 17 heavy (non-hydrogen) atoms. The molecule has 1 saturated heterocycles. The van der Waals surface area contributed by atoms with Gasteiger partial charge in [-0.15, -0.1) is 0 Å². The fraction of sp³-hybridized carbons (Fsp3) is 0.538. The predicted molar refractivity (Wildman–Crippen MR) is 61.7 cm³/mol. The molecule has 1 fully saturated rings. The minimum absolute atomic E-state index is 0.0548. The molecule has 1 aromatic rings. The number of benzene rings is 1. The van der Waals surface area contributed by atoms with Gasteiger partial charge in [0.2, 0.25) is 0 Å². The highest BCUT2D eigenvalue weighted by Gasteiger charge is 2.16. The number of halogens is 2. The van der Waals surface area contributed by atoms with Crippen LogP contribution in [-0.4, -0.2) is 19.8 Å². The zero-order valence-corrected chi connectivity index (χ0v) is 9.88. The lowest BCUT2D eigenvalue weighted by Crippen LogP contribution is -2.26. The van der Waals surface area contributed by atoms with E-state index in [2.05, 4.69) is 5.32 Å². The highest BCUT2D eigenvalue weighted by Crippen LogP contribution is 2.17. The van der Waals surface area contributed by atoms with Crippen molar-refractivity contribution in [2.45, 2.75) is 19.4 Å². The van der Waals surface area contributed by atoms with Gasteiger partial charge in [0.15, 0.2) is 0 Å². The Balaban J connectivity index is 1.91. The van der Waals surface area contributed by atoms with Crippen LogP contribution in [0.2, 0.25) is 0 Å². The van der Waals surface area contributed by atoms with Gasteiger partial charge in [0.05, 0.1) is 6.61 Å². The van der Waals surface area contributed by atoms with E-state index in [1.807, 2.05) is 6.92 Å². The van der Waals surface area contributed by atoms with Crippen LogP contribution in [0.4, 0.5) is 8.78 Å². The zero-order valence-electron chi connectivity index (χ0n) is 9.88. The number of hydrogen-bond donors (Lipinski definition) is 1. The summed E-state index contributed by atoms with van der Waals surface area (Å²) in [4.78, 5) is 0. The van der Waals surface area contributed by atoms with Crippen molar-refractivity contribution in [3.05, 3.63) is 35.4 Å². The minimum atomic E-state index is -0.530. The van der Waals surface area contributed by atoms with E-state index >= 15 is 0 Å². The molecule has 0 saturated carbocycles. The third kappa shape index (κ3) is 3.48. The average molecular weight is 241 g/mol. The van der Waals surface area contributed by atoms with Crippen LogP contribution in [0.25, 0.3) is 0 Å². The maximum Gasteiger partial charge on any atom is 0.126 e. The van der Waals surface area contributed by atoms with Crippen molar-refractivity contribution < 1.29 is 13.5 Å². The van der Waals surface area contributed by atoms with Crippen molar-refractivity contribution in [3.8, 4) is 0 Å². The highest BCUT2D eigenvalue weighted by molar-refractivity contribution is 5.20. The summed E-state index contributed by atoms with van der Waals surface area (Å²) in [5.74, 6) is -0.549. The summed E-state index contributed by atoms with van der Waals surface area (Å²) < 4.78 is 31.4. The number of ether oxygens (including phenoxy) is 1. The van der Waals surface area contributed by atoms with E-state index in [0.29, 0.717) is 11.5 Å². The second-order valence-electron chi connectivity index (χ2n) is 4.56. The van der Waals surface area contributed by atoms with Gasteiger partial charge in [-0.2, -0.15) is 0 Å².